The zero-order chi connectivity index (χ0) is 17.5. The molecule has 9 heteroatoms. The van der Waals surface area contributed by atoms with Crippen molar-refractivity contribution >= 4 is 0 Å². The van der Waals surface area contributed by atoms with E-state index in [2.05, 4.69) is 4.98 Å². The third-order valence-electron chi connectivity index (χ3n) is 3.91. The number of halogens is 3. The molecule has 24 heavy (non-hydrogen) atoms. The Hall–Kier alpha value is -2.55. The highest BCUT2D eigenvalue weighted by atomic mass is 19.4. The van der Waals surface area contributed by atoms with E-state index in [1.807, 2.05) is 0 Å². The van der Waals surface area contributed by atoms with Crippen LogP contribution in [-0.4, -0.2) is 31.6 Å². The van der Waals surface area contributed by atoms with Crippen LogP contribution in [-0.2, 0) is 25.7 Å². The molecule has 0 unspecified atom stereocenters. The van der Waals surface area contributed by atoms with Gasteiger partial charge < -0.3 is 15.2 Å². The summed E-state index contributed by atoms with van der Waals surface area (Å²) in [7, 11) is 0. The Bertz CT molecular complexity index is 833. The second-order valence-corrected chi connectivity index (χ2v) is 5.58. The van der Waals surface area contributed by atoms with Gasteiger partial charge in [-0.3, -0.25) is 9.69 Å². The molecule has 0 spiro atoms. The summed E-state index contributed by atoms with van der Waals surface area (Å²) in [5.41, 5.74) is -0.0109. The minimum Gasteiger partial charge on any atom is -0.504 e. The van der Waals surface area contributed by atoms with Gasteiger partial charge in [-0.05, 0) is 6.07 Å². The molecule has 1 aromatic carbocycles. The number of nitrogens with zero attached hydrogens (tertiary/aromatic N) is 2. The van der Waals surface area contributed by atoms with Gasteiger partial charge in [-0.25, -0.2) is 4.98 Å². The van der Waals surface area contributed by atoms with Gasteiger partial charge in [-0.1, -0.05) is 12.1 Å². The van der Waals surface area contributed by atoms with Gasteiger partial charge >= 0.3 is 6.18 Å². The first-order valence-corrected chi connectivity index (χ1v) is 7.17. The lowest BCUT2D eigenvalue weighted by Gasteiger charge is -2.28. The Morgan fingerprint density at radius 2 is 2.04 bits per heavy atom. The van der Waals surface area contributed by atoms with Crippen LogP contribution in [0.5, 0.6) is 11.5 Å². The minimum absolute atomic E-state index is 0.116. The highest BCUT2D eigenvalue weighted by Gasteiger charge is 2.36. The first kappa shape index (κ1) is 16.3. The van der Waals surface area contributed by atoms with E-state index in [4.69, 9.17) is 0 Å². The van der Waals surface area contributed by atoms with Crippen LogP contribution in [0.3, 0.4) is 0 Å². The molecule has 0 radical (unpaired) electrons. The number of aromatic nitrogens is 2. The van der Waals surface area contributed by atoms with E-state index in [0.717, 1.165) is 0 Å². The Morgan fingerprint density at radius 1 is 1.29 bits per heavy atom. The maximum Gasteiger partial charge on any atom is 0.449 e. The first-order valence-electron chi connectivity index (χ1n) is 7.17. The third-order valence-corrected chi connectivity index (χ3v) is 3.91. The average Bonchev–Trinajstić information content (AvgIpc) is 2.51. The summed E-state index contributed by atoms with van der Waals surface area (Å²) < 4.78 is 38.1. The molecule has 0 saturated carbocycles. The number of benzene rings is 1. The summed E-state index contributed by atoms with van der Waals surface area (Å²) in [6.45, 7) is 0.751. The quantitative estimate of drug-likeness (QED) is 0.724. The van der Waals surface area contributed by atoms with Crippen molar-refractivity contribution in [3.05, 3.63) is 51.2 Å². The molecular weight excluding hydrogens is 327 g/mol. The largest absolute Gasteiger partial charge is 0.504 e. The van der Waals surface area contributed by atoms with Crippen molar-refractivity contribution in [2.24, 2.45) is 0 Å². The summed E-state index contributed by atoms with van der Waals surface area (Å²) in [5, 5.41) is 19.3. The number of fused-ring (bicyclic) bond motifs is 1. The van der Waals surface area contributed by atoms with E-state index >= 15 is 0 Å². The second kappa shape index (κ2) is 5.82. The molecule has 128 valence electrons. The van der Waals surface area contributed by atoms with Gasteiger partial charge in [0.15, 0.2) is 11.5 Å². The van der Waals surface area contributed by atoms with Crippen molar-refractivity contribution in [3.63, 3.8) is 0 Å². The monoisotopic (exact) mass is 341 g/mol. The zero-order valence-corrected chi connectivity index (χ0v) is 12.4. The predicted octanol–water partition coefficient (Wildman–Crippen LogP) is 1.76. The molecule has 0 bridgehead atoms. The number of phenolic OH excluding ortho intramolecular Hbond substituents is 2. The number of H-pyrrole nitrogens is 1. The number of phenols is 2. The Kier molecular flexibility index (Phi) is 3.96. The number of hydrogen-bond donors (Lipinski definition) is 3. The van der Waals surface area contributed by atoms with Crippen molar-refractivity contribution in [3.8, 4) is 11.5 Å². The van der Waals surface area contributed by atoms with Gasteiger partial charge in [0.25, 0.3) is 5.56 Å². The number of aromatic amines is 1. The molecule has 1 aromatic heterocycles. The van der Waals surface area contributed by atoms with E-state index in [0.29, 0.717) is 12.1 Å². The third kappa shape index (κ3) is 3.07. The molecule has 2 heterocycles. The second-order valence-electron chi connectivity index (χ2n) is 5.58. The van der Waals surface area contributed by atoms with Crippen molar-refractivity contribution in [2.45, 2.75) is 25.7 Å². The van der Waals surface area contributed by atoms with Gasteiger partial charge in [-0.15, -0.1) is 0 Å². The highest BCUT2D eigenvalue weighted by Crippen LogP contribution is 2.30. The lowest BCUT2D eigenvalue weighted by Crippen LogP contribution is -2.36. The molecular formula is C15H14F3N3O3. The van der Waals surface area contributed by atoms with Crippen LogP contribution in [0.25, 0.3) is 0 Å². The molecule has 0 atom stereocenters. The highest BCUT2D eigenvalue weighted by molar-refractivity contribution is 5.44. The molecule has 0 saturated heterocycles. The molecule has 6 nitrogen and oxygen atoms in total. The molecule has 0 amide bonds. The fourth-order valence-electron chi connectivity index (χ4n) is 2.70. The number of para-hydroxylation sites is 1. The van der Waals surface area contributed by atoms with Crippen molar-refractivity contribution in [1.29, 1.82) is 0 Å². The summed E-state index contributed by atoms with van der Waals surface area (Å²) in [6.07, 6.45) is -4.50. The number of rotatable bonds is 2. The van der Waals surface area contributed by atoms with Gasteiger partial charge in [0.1, 0.15) is 0 Å². The lowest BCUT2D eigenvalue weighted by atomic mass is 10.1. The van der Waals surface area contributed by atoms with E-state index in [9.17, 15) is 28.2 Å². The number of aromatic hydroxyl groups is 2. The molecule has 0 aliphatic carbocycles. The fraction of sp³-hybridized carbons (Fsp3) is 0.333. The SMILES string of the molecule is O=c1[nH]c(C(F)(F)F)nc2c1CN(Cc1cccc(O)c1O)CC2. The molecule has 0 fully saturated rings. The lowest BCUT2D eigenvalue weighted by molar-refractivity contribution is -0.145. The summed E-state index contributed by atoms with van der Waals surface area (Å²) in [6, 6.07) is 4.55. The van der Waals surface area contributed by atoms with E-state index in [1.54, 1.807) is 22.0 Å². The van der Waals surface area contributed by atoms with Crippen LogP contribution in [0.2, 0.25) is 0 Å². The van der Waals surface area contributed by atoms with Crippen LogP contribution in [0.15, 0.2) is 23.0 Å². The number of nitrogens with one attached hydrogen (secondary N) is 1. The maximum atomic E-state index is 12.7. The zero-order valence-electron chi connectivity index (χ0n) is 12.4. The van der Waals surface area contributed by atoms with Crippen LogP contribution >= 0.6 is 0 Å². The molecule has 3 N–H and O–H groups in total. The number of hydrogen-bond acceptors (Lipinski definition) is 5. The number of alkyl halides is 3. The van der Waals surface area contributed by atoms with E-state index in [1.165, 1.54) is 6.07 Å². The van der Waals surface area contributed by atoms with E-state index in [-0.39, 0.29) is 42.3 Å². The van der Waals surface area contributed by atoms with Crippen molar-refractivity contribution in [1.82, 2.24) is 14.9 Å². The summed E-state index contributed by atoms with van der Waals surface area (Å²) in [4.78, 5) is 19.0. The van der Waals surface area contributed by atoms with Gasteiger partial charge in [0.05, 0.1) is 11.3 Å². The topological polar surface area (TPSA) is 89.5 Å². The van der Waals surface area contributed by atoms with Gasteiger partial charge in [-0.2, -0.15) is 13.2 Å². The van der Waals surface area contributed by atoms with Crippen LogP contribution in [0, 0.1) is 0 Å². The van der Waals surface area contributed by atoms with Crippen LogP contribution < -0.4 is 5.56 Å². The maximum absolute atomic E-state index is 12.7. The predicted molar refractivity (Wildman–Crippen MR) is 77.4 cm³/mol. The molecule has 1 aliphatic heterocycles. The van der Waals surface area contributed by atoms with E-state index < -0.39 is 17.6 Å². The normalized spacial score (nSPS) is 15.3. The van der Waals surface area contributed by atoms with Crippen LogP contribution in [0.4, 0.5) is 13.2 Å². The van der Waals surface area contributed by atoms with Gasteiger partial charge in [0, 0.05) is 31.6 Å². The standard InChI is InChI=1S/C15H14F3N3O3/c16-15(17,18)14-19-10-4-5-21(7-9(10)13(24)20-14)6-8-2-1-3-11(22)12(8)23/h1-3,22-23H,4-7H2,(H,19,20,24). The Morgan fingerprint density at radius 3 is 2.75 bits per heavy atom. The molecule has 1 aliphatic rings. The first-order chi connectivity index (χ1) is 11.3. The van der Waals surface area contributed by atoms with Crippen molar-refractivity contribution in [2.75, 3.05) is 6.54 Å². The Balaban J connectivity index is 1.85. The van der Waals surface area contributed by atoms with Crippen molar-refractivity contribution < 1.29 is 23.4 Å². The van der Waals surface area contributed by atoms with Crippen LogP contribution in [0.1, 0.15) is 22.6 Å². The molecule has 3 rings (SSSR count). The van der Waals surface area contributed by atoms with Gasteiger partial charge in [0.2, 0.25) is 5.82 Å². The minimum atomic E-state index is -4.70. The molecule has 2 aromatic rings. The average molecular weight is 341 g/mol. The smallest absolute Gasteiger partial charge is 0.449 e. The Labute approximate surface area is 134 Å². The fourth-order valence-corrected chi connectivity index (χ4v) is 2.70. The summed E-state index contributed by atoms with van der Waals surface area (Å²) >= 11 is 0. The summed E-state index contributed by atoms with van der Waals surface area (Å²) in [5.74, 6) is -1.78.